The van der Waals surface area contributed by atoms with Gasteiger partial charge >= 0.3 is 6.36 Å². The number of hydrogen-bond donors (Lipinski definition) is 2. The van der Waals surface area contributed by atoms with Crippen LogP contribution in [0, 0.1) is 0 Å². The summed E-state index contributed by atoms with van der Waals surface area (Å²) >= 11 is 0. The minimum atomic E-state index is -4.81. The Morgan fingerprint density at radius 1 is 1.08 bits per heavy atom. The van der Waals surface area contributed by atoms with Crippen LogP contribution in [0.25, 0.3) is 22.2 Å². The van der Waals surface area contributed by atoms with Crippen molar-refractivity contribution in [3.8, 4) is 28.5 Å². The van der Waals surface area contributed by atoms with Gasteiger partial charge in [0.1, 0.15) is 17.2 Å². The van der Waals surface area contributed by atoms with Gasteiger partial charge in [0.15, 0.2) is 5.43 Å². The van der Waals surface area contributed by atoms with Gasteiger partial charge in [0.25, 0.3) is 0 Å². The first kappa shape index (κ1) is 16.7. The number of phenols is 1. The Labute approximate surface area is 139 Å². The Kier molecular flexibility index (Phi) is 4.03. The van der Waals surface area contributed by atoms with E-state index in [1.807, 2.05) is 0 Å². The van der Waals surface area contributed by atoms with Gasteiger partial charge in [-0.3, -0.25) is 4.79 Å². The average Bonchev–Trinajstić information content (AvgIpc) is 2.52. The van der Waals surface area contributed by atoms with Crippen LogP contribution >= 0.6 is 0 Å². The lowest BCUT2D eigenvalue weighted by atomic mass is 10.1. The van der Waals surface area contributed by atoms with E-state index in [1.54, 1.807) is 0 Å². The van der Waals surface area contributed by atoms with Crippen LogP contribution in [0.1, 0.15) is 0 Å². The number of H-pyrrole nitrogens is 1. The van der Waals surface area contributed by atoms with Crippen molar-refractivity contribution in [2.24, 2.45) is 0 Å². The van der Waals surface area contributed by atoms with E-state index in [2.05, 4.69) is 9.72 Å². The number of alkyl halides is 3. The molecule has 2 aromatic carbocycles. The van der Waals surface area contributed by atoms with Gasteiger partial charge in [-0.25, -0.2) is 0 Å². The maximum absolute atomic E-state index is 12.4. The third-order valence-corrected chi connectivity index (χ3v) is 3.50. The number of nitrogens with one attached hydrogen (secondary N) is 1. The zero-order valence-electron chi connectivity index (χ0n) is 12.8. The molecule has 0 spiro atoms. The van der Waals surface area contributed by atoms with E-state index < -0.39 is 17.5 Å². The Bertz CT molecular complexity index is 995. The fourth-order valence-corrected chi connectivity index (χ4v) is 2.48. The molecule has 1 heterocycles. The highest BCUT2D eigenvalue weighted by Crippen LogP contribution is 2.30. The Morgan fingerprint density at radius 3 is 2.52 bits per heavy atom. The molecule has 5 nitrogen and oxygen atoms in total. The lowest BCUT2D eigenvalue weighted by Crippen LogP contribution is -2.17. The summed E-state index contributed by atoms with van der Waals surface area (Å²) in [7, 11) is 1.40. The van der Waals surface area contributed by atoms with Crippen LogP contribution in [-0.2, 0) is 0 Å². The summed E-state index contributed by atoms with van der Waals surface area (Å²) in [6, 6.07) is 9.23. The fourth-order valence-electron chi connectivity index (χ4n) is 2.48. The smallest absolute Gasteiger partial charge is 0.507 e. The highest BCUT2D eigenvalue weighted by Gasteiger charge is 2.31. The number of benzene rings is 2. The van der Waals surface area contributed by atoms with Crippen LogP contribution in [0.2, 0.25) is 0 Å². The quantitative estimate of drug-likeness (QED) is 0.753. The molecule has 0 saturated heterocycles. The Hall–Kier alpha value is -3.16. The molecule has 0 atom stereocenters. The van der Waals surface area contributed by atoms with Crippen molar-refractivity contribution in [1.29, 1.82) is 0 Å². The Morgan fingerprint density at radius 2 is 1.84 bits per heavy atom. The zero-order valence-corrected chi connectivity index (χ0v) is 12.8. The number of fused-ring (bicyclic) bond motifs is 1. The van der Waals surface area contributed by atoms with Crippen molar-refractivity contribution < 1.29 is 27.8 Å². The highest BCUT2D eigenvalue weighted by atomic mass is 19.4. The van der Waals surface area contributed by atoms with Crippen LogP contribution < -0.4 is 14.9 Å². The van der Waals surface area contributed by atoms with E-state index in [0.29, 0.717) is 16.8 Å². The Balaban J connectivity index is 2.13. The molecular formula is C17H12F3NO4. The molecule has 0 fully saturated rings. The molecule has 0 bridgehead atoms. The first-order valence-electron chi connectivity index (χ1n) is 7.07. The van der Waals surface area contributed by atoms with Crippen molar-refractivity contribution >= 4 is 10.9 Å². The number of pyridine rings is 1. The average molecular weight is 351 g/mol. The van der Waals surface area contributed by atoms with Crippen LogP contribution in [0.4, 0.5) is 13.2 Å². The number of aromatic amines is 1. The van der Waals surface area contributed by atoms with Crippen LogP contribution in [-0.4, -0.2) is 23.6 Å². The van der Waals surface area contributed by atoms with Crippen molar-refractivity contribution in [2.45, 2.75) is 6.36 Å². The van der Waals surface area contributed by atoms with Gasteiger partial charge in [-0.05, 0) is 12.1 Å². The van der Waals surface area contributed by atoms with E-state index in [4.69, 9.17) is 4.74 Å². The summed E-state index contributed by atoms with van der Waals surface area (Å²) in [4.78, 5) is 15.2. The lowest BCUT2D eigenvalue weighted by Gasteiger charge is -2.11. The number of aromatic hydroxyl groups is 1. The molecule has 25 heavy (non-hydrogen) atoms. The van der Waals surface area contributed by atoms with Gasteiger partial charge < -0.3 is 19.6 Å². The van der Waals surface area contributed by atoms with E-state index in [-0.39, 0.29) is 16.8 Å². The highest BCUT2D eigenvalue weighted by molar-refractivity contribution is 5.88. The molecule has 0 aliphatic heterocycles. The third-order valence-electron chi connectivity index (χ3n) is 3.50. The maximum atomic E-state index is 12.4. The molecule has 0 radical (unpaired) electrons. The normalized spacial score (nSPS) is 11.5. The van der Waals surface area contributed by atoms with E-state index >= 15 is 0 Å². The van der Waals surface area contributed by atoms with Crippen molar-refractivity contribution in [3.05, 3.63) is 52.7 Å². The number of halogens is 3. The molecule has 3 rings (SSSR count). The molecule has 130 valence electrons. The molecule has 1 aromatic heterocycles. The number of methoxy groups -OCH3 is 1. The number of aromatic nitrogens is 1. The largest absolute Gasteiger partial charge is 0.573 e. The standard InChI is InChI=1S/C17H12F3NO4/c1-24-11-6-13-16(14(22)7-11)15(23)8-12(21-13)9-3-2-4-10(5-9)25-17(18,19)20/h2-8,22H,1H3,(H,21,23). The first-order valence-corrected chi connectivity index (χ1v) is 7.07. The van der Waals surface area contributed by atoms with Crippen molar-refractivity contribution in [3.63, 3.8) is 0 Å². The maximum Gasteiger partial charge on any atom is 0.573 e. The lowest BCUT2D eigenvalue weighted by molar-refractivity contribution is -0.274. The fraction of sp³-hybridized carbons (Fsp3) is 0.118. The molecule has 0 saturated carbocycles. The van der Waals surface area contributed by atoms with E-state index in [9.17, 15) is 23.1 Å². The van der Waals surface area contributed by atoms with Gasteiger partial charge in [-0.2, -0.15) is 0 Å². The molecule has 2 N–H and O–H groups in total. The van der Waals surface area contributed by atoms with Crippen LogP contribution in [0.5, 0.6) is 17.2 Å². The molecule has 0 aliphatic rings. The van der Waals surface area contributed by atoms with Gasteiger partial charge in [0, 0.05) is 29.5 Å². The molecule has 0 unspecified atom stereocenters. The van der Waals surface area contributed by atoms with Gasteiger partial charge in [-0.1, -0.05) is 12.1 Å². The van der Waals surface area contributed by atoms with Crippen LogP contribution in [0.3, 0.4) is 0 Å². The summed E-state index contributed by atoms with van der Waals surface area (Å²) in [6.45, 7) is 0. The zero-order chi connectivity index (χ0) is 18.2. The monoisotopic (exact) mass is 351 g/mol. The molecular weight excluding hydrogens is 339 g/mol. The van der Waals surface area contributed by atoms with Crippen molar-refractivity contribution in [1.82, 2.24) is 4.98 Å². The van der Waals surface area contributed by atoms with E-state index in [0.717, 1.165) is 12.1 Å². The number of ether oxygens (including phenoxy) is 2. The van der Waals surface area contributed by atoms with E-state index in [1.165, 1.54) is 37.4 Å². The number of phenolic OH excluding ortho intramolecular Hbond substituents is 1. The summed E-state index contributed by atoms with van der Waals surface area (Å²) in [5.74, 6) is -0.331. The molecule has 8 heteroatoms. The topological polar surface area (TPSA) is 71.6 Å². The predicted octanol–water partition coefficient (Wildman–Crippen LogP) is 3.81. The summed E-state index contributed by atoms with van der Waals surface area (Å²) in [6.07, 6.45) is -4.81. The first-order chi connectivity index (χ1) is 11.8. The SMILES string of the molecule is COc1cc(O)c2c(=O)cc(-c3cccc(OC(F)(F)F)c3)[nH]c2c1. The molecule has 3 aromatic rings. The van der Waals surface area contributed by atoms with Gasteiger partial charge in [0.2, 0.25) is 0 Å². The minimum Gasteiger partial charge on any atom is -0.507 e. The second-order valence-corrected chi connectivity index (χ2v) is 5.19. The summed E-state index contributed by atoms with van der Waals surface area (Å²) < 4.78 is 46.0. The molecule has 0 aliphatic carbocycles. The molecule has 0 amide bonds. The van der Waals surface area contributed by atoms with Crippen molar-refractivity contribution in [2.75, 3.05) is 7.11 Å². The summed E-state index contributed by atoms with van der Waals surface area (Å²) in [5, 5.41) is 10.0. The van der Waals surface area contributed by atoms with Gasteiger partial charge in [-0.15, -0.1) is 13.2 Å². The predicted molar refractivity (Wildman–Crippen MR) is 84.9 cm³/mol. The summed E-state index contributed by atoms with van der Waals surface area (Å²) in [5.41, 5.74) is 0.411. The second kappa shape index (κ2) is 6.04. The minimum absolute atomic E-state index is 0.0623. The number of rotatable bonds is 3. The van der Waals surface area contributed by atoms with Crippen LogP contribution in [0.15, 0.2) is 47.3 Å². The second-order valence-electron chi connectivity index (χ2n) is 5.19. The van der Waals surface area contributed by atoms with Gasteiger partial charge in [0.05, 0.1) is 18.0 Å². The number of hydrogen-bond acceptors (Lipinski definition) is 4. The third kappa shape index (κ3) is 3.52.